The summed E-state index contributed by atoms with van der Waals surface area (Å²) in [5.41, 5.74) is 2.34. The summed E-state index contributed by atoms with van der Waals surface area (Å²) >= 11 is 3.45. The minimum Gasteiger partial charge on any atom is -0.467 e. The van der Waals surface area contributed by atoms with Gasteiger partial charge in [0.25, 0.3) is 5.91 Å². The molecule has 0 aliphatic rings. The number of rotatable bonds is 5. The molecule has 3 aromatic rings. The first kappa shape index (κ1) is 16.3. The molecule has 0 fully saturated rings. The molecule has 122 valence electrons. The summed E-state index contributed by atoms with van der Waals surface area (Å²) in [6, 6.07) is 13.0. The van der Waals surface area contributed by atoms with Crippen LogP contribution in [0.5, 0.6) is 0 Å². The van der Waals surface area contributed by atoms with Gasteiger partial charge < -0.3 is 15.1 Å². The van der Waals surface area contributed by atoms with Crippen molar-refractivity contribution in [1.82, 2.24) is 4.98 Å². The van der Waals surface area contributed by atoms with E-state index in [4.69, 9.17) is 4.42 Å². The van der Waals surface area contributed by atoms with Crippen molar-refractivity contribution in [1.29, 1.82) is 0 Å². The average molecular weight is 386 g/mol. The standard InChI is InChI=1S/C18H16BrN3O2/c1-12-4-6-16(15(19)9-12)22-18(23)13-5-7-17(20-10-13)21-11-14-3-2-8-24-14/h2-10H,11H2,1H3,(H,20,21)(H,22,23). The number of carbonyl (C=O) groups is 1. The first-order valence-corrected chi connectivity index (χ1v) is 8.21. The second-order valence-electron chi connectivity index (χ2n) is 5.30. The maximum Gasteiger partial charge on any atom is 0.257 e. The minimum absolute atomic E-state index is 0.204. The third-order valence-corrected chi connectivity index (χ3v) is 4.08. The van der Waals surface area contributed by atoms with E-state index in [2.05, 4.69) is 31.5 Å². The van der Waals surface area contributed by atoms with Gasteiger partial charge in [-0.25, -0.2) is 4.98 Å². The number of nitrogens with one attached hydrogen (secondary N) is 2. The number of furan rings is 1. The molecule has 0 aliphatic heterocycles. The fraction of sp³-hybridized carbons (Fsp3) is 0.111. The van der Waals surface area contributed by atoms with E-state index >= 15 is 0 Å². The molecule has 0 radical (unpaired) electrons. The lowest BCUT2D eigenvalue weighted by Gasteiger charge is -2.09. The SMILES string of the molecule is Cc1ccc(NC(=O)c2ccc(NCc3ccco3)nc2)c(Br)c1. The normalized spacial score (nSPS) is 10.4. The van der Waals surface area contributed by atoms with Gasteiger partial charge in [-0.3, -0.25) is 4.79 Å². The molecule has 0 bridgehead atoms. The van der Waals surface area contributed by atoms with Gasteiger partial charge in [-0.05, 0) is 64.8 Å². The van der Waals surface area contributed by atoms with Gasteiger partial charge in [0.1, 0.15) is 11.6 Å². The summed E-state index contributed by atoms with van der Waals surface area (Å²) in [5.74, 6) is 1.30. The molecule has 1 amide bonds. The number of anilines is 2. The Labute approximate surface area is 148 Å². The van der Waals surface area contributed by atoms with Gasteiger partial charge in [-0.2, -0.15) is 0 Å². The first-order valence-electron chi connectivity index (χ1n) is 7.41. The lowest BCUT2D eigenvalue weighted by Crippen LogP contribution is -2.13. The average Bonchev–Trinajstić information content (AvgIpc) is 3.09. The van der Waals surface area contributed by atoms with Crippen molar-refractivity contribution in [2.45, 2.75) is 13.5 Å². The number of halogens is 1. The van der Waals surface area contributed by atoms with Gasteiger partial charge in [0.05, 0.1) is 24.1 Å². The Kier molecular flexibility index (Phi) is 4.96. The second-order valence-corrected chi connectivity index (χ2v) is 6.16. The summed E-state index contributed by atoms with van der Waals surface area (Å²) in [6.45, 7) is 2.54. The number of carbonyl (C=O) groups excluding carboxylic acids is 1. The molecule has 0 saturated heterocycles. The molecule has 0 saturated carbocycles. The van der Waals surface area contributed by atoms with Crippen LogP contribution in [0.4, 0.5) is 11.5 Å². The lowest BCUT2D eigenvalue weighted by atomic mass is 10.2. The van der Waals surface area contributed by atoms with Crippen LogP contribution in [0, 0.1) is 6.92 Å². The van der Waals surface area contributed by atoms with Crippen LogP contribution in [0.25, 0.3) is 0 Å². The maximum absolute atomic E-state index is 12.3. The van der Waals surface area contributed by atoms with Crippen LogP contribution in [-0.2, 0) is 6.54 Å². The van der Waals surface area contributed by atoms with E-state index in [0.717, 1.165) is 21.5 Å². The molecule has 2 N–H and O–H groups in total. The molecule has 3 rings (SSSR count). The monoisotopic (exact) mass is 385 g/mol. The highest BCUT2D eigenvalue weighted by atomic mass is 79.9. The molecule has 1 aromatic carbocycles. The van der Waals surface area contributed by atoms with Gasteiger partial charge in [-0.1, -0.05) is 6.07 Å². The number of pyridine rings is 1. The molecule has 0 spiro atoms. The molecule has 0 aliphatic carbocycles. The predicted molar refractivity (Wildman–Crippen MR) is 97.1 cm³/mol. The molecular formula is C18H16BrN3O2. The Morgan fingerprint density at radius 1 is 1.25 bits per heavy atom. The van der Waals surface area contributed by atoms with Crippen molar-refractivity contribution in [3.05, 3.63) is 76.3 Å². The number of hydrogen-bond acceptors (Lipinski definition) is 4. The van der Waals surface area contributed by atoms with Crippen molar-refractivity contribution in [2.24, 2.45) is 0 Å². The third kappa shape index (κ3) is 4.02. The second kappa shape index (κ2) is 7.31. The predicted octanol–water partition coefficient (Wildman–Crippen LogP) is 4.61. The van der Waals surface area contributed by atoms with E-state index in [1.807, 2.05) is 37.3 Å². The first-order chi connectivity index (χ1) is 11.6. The Morgan fingerprint density at radius 2 is 2.12 bits per heavy atom. The number of benzene rings is 1. The van der Waals surface area contributed by atoms with E-state index in [1.54, 1.807) is 24.6 Å². The quantitative estimate of drug-likeness (QED) is 0.672. The van der Waals surface area contributed by atoms with Crippen molar-refractivity contribution in [3.8, 4) is 0 Å². The van der Waals surface area contributed by atoms with Gasteiger partial charge >= 0.3 is 0 Å². The van der Waals surface area contributed by atoms with Gasteiger partial charge in [0.2, 0.25) is 0 Å². The molecule has 0 atom stereocenters. The smallest absolute Gasteiger partial charge is 0.257 e. The molecule has 24 heavy (non-hydrogen) atoms. The van der Waals surface area contributed by atoms with Crippen LogP contribution in [0.2, 0.25) is 0 Å². The van der Waals surface area contributed by atoms with Crippen LogP contribution < -0.4 is 10.6 Å². The van der Waals surface area contributed by atoms with Crippen LogP contribution in [-0.4, -0.2) is 10.9 Å². The van der Waals surface area contributed by atoms with E-state index < -0.39 is 0 Å². The van der Waals surface area contributed by atoms with E-state index in [-0.39, 0.29) is 5.91 Å². The molecule has 5 nitrogen and oxygen atoms in total. The Bertz CT molecular complexity index is 830. The molecule has 0 unspecified atom stereocenters. The van der Waals surface area contributed by atoms with Crippen LogP contribution in [0.15, 0.2) is 63.8 Å². The highest BCUT2D eigenvalue weighted by Gasteiger charge is 2.09. The topological polar surface area (TPSA) is 67.2 Å². The van der Waals surface area contributed by atoms with Gasteiger partial charge in [-0.15, -0.1) is 0 Å². The van der Waals surface area contributed by atoms with Crippen molar-refractivity contribution < 1.29 is 9.21 Å². The van der Waals surface area contributed by atoms with Crippen molar-refractivity contribution >= 4 is 33.3 Å². The van der Waals surface area contributed by atoms with E-state index in [0.29, 0.717) is 17.9 Å². The zero-order valence-electron chi connectivity index (χ0n) is 13.0. The Hall–Kier alpha value is -2.60. The number of amides is 1. The Balaban J connectivity index is 1.63. The van der Waals surface area contributed by atoms with E-state index in [1.165, 1.54) is 0 Å². The molecule has 2 heterocycles. The highest BCUT2D eigenvalue weighted by Crippen LogP contribution is 2.24. The third-order valence-electron chi connectivity index (χ3n) is 3.42. The van der Waals surface area contributed by atoms with Gasteiger partial charge in [0.15, 0.2) is 0 Å². The summed E-state index contributed by atoms with van der Waals surface area (Å²) < 4.78 is 6.09. The van der Waals surface area contributed by atoms with Crippen molar-refractivity contribution in [3.63, 3.8) is 0 Å². The molecular weight excluding hydrogens is 370 g/mol. The molecule has 6 heteroatoms. The zero-order chi connectivity index (χ0) is 16.9. The number of nitrogens with zero attached hydrogens (tertiary/aromatic N) is 1. The zero-order valence-corrected chi connectivity index (χ0v) is 14.6. The van der Waals surface area contributed by atoms with Gasteiger partial charge in [0, 0.05) is 10.7 Å². The largest absolute Gasteiger partial charge is 0.467 e. The highest BCUT2D eigenvalue weighted by molar-refractivity contribution is 9.10. The Morgan fingerprint density at radius 3 is 2.79 bits per heavy atom. The maximum atomic E-state index is 12.3. The summed E-state index contributed by atoms with van der Waals surface area (Å²) in [5, 5.41) is 6.00. The number of hydrogen-bond donors (Lipinski definition) is 2. The van der Waals surface area contributed by atoms with Crippen LogP contribution in [0.1, 0.15) is 21.7 Å². The summed E-state index contributed by atoms with van der Waals surface area (Å²) in [6.07, 6.45) is 3.17. The molecule has 2 aromatic heterocycles. The van der Waals surface area contributed by atoms with Crippen LogP contribution in [0.3, 0.4) is 0 Å². The lowest BCUT2D eigenvalue weighted by molar-refractivity contribution is 0.102. The number of aryl methyl sites for hydroxylation is 1. The summed E-state index contributed by atoms with van der Waals surface area (Å²) in [4.78, 5) is 16.6. The fourth-order valence-corrected chi connectivity index (χ4v) is 2.73. The summed E-state index contributed by atoms with van der Waals surface area (Å²) in [7, 11) is 0. The minimum atomic E-state index is -0.204. The van der Waals surface area contributed by atoms with E-state index in [9.17, 15) is 4.79 Å². The fourth-order valence-electron chi connectivity index (χ4n) is 2.14. The van der Waals surface area contributed by atoms with Crippen molar-refractivity contribution in [2.75, 3.05) is 10.6 Å². The number of aromatic nitrogens is 1. The van der Waals surface area contributed by atoms with Crippen LogP contribution >= 0.6 is 15.9 Å².